The van der Waals surface area contributed by atoms with Crippen molar-refractivity contribution >= 4 is 40.7 Å². The molecule has 0 aliphatic heterocycles. The highest BCUT2D eigenvalue weighted by atomic mass is 35.5. The number of nitrogens with zero attached hydrogens (tertiary/aromatic N) is 2. The summed E-state index contributed by atoms with van der Waals surface area (Å²) in [6.07, 6.45) is 1.78. The summed E-state index contributed by atoms with van der Waals surface area (Å²) in [5.74, 6) is 0.0978. The molecule has 3 rings (SSSR count). The van der Waals surface area contributed by atoms with Gasteiger partial charge >= 0.3 is 0 Å². The number of Topliss-reactive ketones (excluding diaryl/α,β-unsaturated/α-hetero) is 1. The molecule has 1 N–H and O–H groups in total. The van der Waals surface area contributed by atoms with Crippen LogP contribution in [0.2, 0.25) is 5.02 Å². The fourth-order valence-corrected chi connectivity index (χ4v) is 3.41. The zero-order chi connectivity index (χ0) is 19.4. The summed E-state index contributed by atoms with van der Waals surface area (Å²) >= 11 is 7.29. The molecule has 0 saturated heterocycles. The Hall–Kier alpha value is -2.57. The second-order valence-electron chi connectivity index (χ2n) is 5.96. The zero-order valence-corrected chi connectivity index (χ0v) is 16.5. The molecule has 0 saturated carbocycles. The van der Waals surface area contributed by atoms with Gasteiger partial charge in [0.25, 0.3) is 0 Å². The van der Waals surface area contributed by atoms with Crippen LogP contribution in [-0.4, -0.2) is 27.0 Å². The van der Waals surface area contributed by atoms with E-state index in [1.54, 1.807) is 30.5 Å². The number of hydrogen-bond donors (Lipinski definition) is 1. The number of nitrogens with one attached hydrogen (secondary N) is 1. The number of carbonyl (C=O) groups excluding carboxylic acids is 2. The molecule has 27 heavy (non-hydrogen) atoms. The van der Waals surface area contributed by atoms with Gasteiger partial charge in [-0.15, -0.1) is 0 Å². The van der Waals surface area contributed by atoms with E-state index in [1.807, 2.05) is 35.9 Å². The molecule has 0 atom stereocenters. The van der Waals surface area contributed by atoms with Crippen LogP contribution in [0.4, 0.5) is 5.69 Å². The van der Waals surface area contributed by atoms with Gasteiger partial charge in [0.2, 0.25) is 5.91 Å². The van der Waals surface area contributed by atoms with E-state index in [1.165, 1.54) is 18.7 Å². The Kier molecular flexibility index (Phi) is 5.98. The van der Waals surface area contributed by atoms with E-state index < -0.39 is 0 Å². The van der Waals surface area contributed by atoms with Crippen LogP contribution >= 0.6 is 23.4 Å². The molecule has 1 amide bonds. The molecule has 2 aromatic carbocycles. The van der Waals surface area contributed by atoms with Gasteiger partial charge in [-0.05, 0) is 48.9 Å². The maximum Gasteiger partial charge on any atom is 0.234 e. The number of hydrogen-bond acceptors (Lipinski definition) is 4. The van der Waals surface area contributed by atoms with Crippen molar-refractivity contribution in [2.75, 3.05) is 11.1 Å². The number of carbonyl (C=O) groups is 2. The molecule has 138 valence electrons. The van der Waals surface area contributed by atoms with Crippen molar-refractivity contribution in [1.29, 1.82) is 0 Å². The van der Waals surface area contributed by atoms with Gasteiger partial charge in [0.15, 0.2) is 10.9 Å². The molecular formula is C20H18ClN3O2S. The van der Waals surface area contributed by atoms with Crippen molar-refractivity contribution in [1.82, 2.24) is 9.55 Å². The molecule has 0 bridgehead atoms. The van der Waals surface area contributed by atoms with E-state index in [9.17, 15) is 9.59 Å². The van der Waals surface area contributed by atoms with Gasteiger partial charge in [-0.25, -0.2) is 4.98 Å². The Morgan fingerprint density at radius 1 is 1.11 bits per heavy atom. The summed E-state index contributed by atoms with van der Waals surface area (Å²) in [6, 6.07) is 14.4. The lowest BCUT2D eigenvalue weighted by Crippen LogP contribution is -2.14. The van der Waals surface area contributed by atoms with Crippen LogP contribution in [0.5, 0.6) is 0 Å². The lowest BCUT2D eigenvalue weighted by molar-refractivity contribution is -0.113. The van der Waals surface area contributed by atoms with Crippen LogP contribution in [0, 0.1) is 0 Å². The van der Waals surface area contributed by atoms with Crippen molar-refractivity contribution in [3.63, 3.8) is 0 Å². The minimum atomic E-state index is -0.133. The first-order valence-electron chi connectivity index (χ1n) is 8.25. The molecule has 3 aromatic rings. The Bertz CT molecular complexity index is 966. The van der Waals surface area contributed by atoms with E-state index in [-0.39, 0.29) is 17.4 Å². The van der Waals surface area contributed by atoms with Crippen LogP contribution < -0.4 is 5.32 Å². The number of aromatic nitrogens is 2. The summed E-state index contributed by atoms with van der Waals surface area (Å²) < 4.78 is 1.95. The molecule has 1 heterocycles. The highest BCUT2D eigenvalue weighted by Gasteiger charge is 2.11. The van der Waals surface area contributed by atoms with Crippen molar-refractivity contribution in [2.24, 2.45) is 7.05 Å². The molecule has 0 aliphatic rings. The van der Waals surface area contributed by atoms with Crippen molar-refractivity contribution in [3.05, 3.63) is 65.3 Å². The van der Waals surface area contributed by atoms with Gasteiger partial charge in [0.1, 0.15) is 0 Å². The van der Waals surface area contributed by atoms with Gasteiger partial charge in [-0.3, -0.25) is 9.59 Å². The van der Waals surface area contributed by atoms with Crippen molar-refractivity contribution < 1.29 is 9.59 Å². The average Bonchev–Trinajstić information content (AvgIpc) is 3.02. The van der Waals surface area contributed by atoms with E-state index in [0.717, 1.165) is 16.4 Å². The van der Waals surface area contributed by atoms with E-state index in [2.05, 4.69) is 10.3 Å². The largest absolute Gasteiger partial charge is 0.325 e. The van der Waals surface area contributed by atoms with Gasteiger partial charge in [0.05, 0.1) is 17.6 Å². The predicted molar refractivity (Wildman–Crippen MR) is 109 cm³/mol. The van der Waals surface area contributed by atoms with Crippen LogP contribution in [0.3, 0.4) is 0 Å². The van der Waals surface area contributed by atoms with Gasteiger partial charge in [0, 0.05) is 23.3 Å². The highest BCUT2D eigenvalue weighted by Crippen LogP contribution is 2.26. The van der Waals surface area contributed by atoms with Crippen LogP contribution in [0.25, 0.3) is 11.3 Å². The minimum absolute atomic E-state index is 0.00490. The number of thioether (sulfide) groups is 1. The lowest BCUT2D eigenvalue weighted by Gasteiger charge is -2.07. The number of ketones is 1. The lowest BCUT2D eigenvalue weighted by atomic mass is 10.1. The Balaban J connectivity index is 1.60. The van der Waals surface area contributed by atoms with Crippen molar-refractivity contribution in [2.45, 2.75) is 12.1 Å². The number of halogens is 1. The number of anilines is 1. The van der Waals surface area contributed by atoms with Crippen LogP contribution in [0.15, 0.2) is 59.9 Å². The number of amides is 1. The highest BCUT2D eigenvalue weighted by molar-refractivity contribution is 7.99. The van der Waals surface area contributed by atoms with Gasteiger partial charge < -0.3 is 9.88 Å². The maximum absolute atomic E-state index is 12.2. The summed E-state index contributed by atoms with van der Waals surface area (Å²) in [5.41, 5.74) is 3.24. The second-order valence-corrected chi connectivity index (χ2v) is 7.34. The molecule has 0 spiro atoms. The van der Waals surface area contributed by atoms with Crippen LogP contribution in [0.1, 0.15) is 17.3 Å². The van der Waals surface area contributed by atoms with Gasteiger partial charge in [-0.2, -0.15) is 0 Å². The van der Waals surface area contributed by atoms with E-state index >= 15 is 0 Å². The number of benzene rings is 2. The van der Waals surface area contributed by atoms with Crippen LogP contribution in [-0.2, 0) is 11.8 Å². The first kappa shape index (κ1) is 19.2. The summed E-state index contributed by atoms with van der Waals surface area (Å²) in [7, 11) is 1.91. The maximum atomic E-state index is 12.2. The van der Waals surface area contributed by atoms with E-state index in [4.69, 9.17) is 11.6 Å². The average molecular weight is 400 g/mol. The number of imidazole rings is 1. The molecule has 1 aromatic heterocycles. The fourth-order valence-electron chi connectivity index (χ4n) is 2.53. The minimum Gasteiger partial charge on any atom is -0.325 e. The topological polar surface area (TPSA) is 64.0 Å². The monoisotopic (exact) mass is 399 g/mol. The predicted octanol–water partition coefficient (Wildman–Crippen LogP) is 4.67. The molecule has 5 nitrogen and oxygen atoms in total. The van der Waals surface area contributed by atoms with E-state index in [0.29, 0.717) is 16.3 Å². The normalized spacial score (nSPS) is 10.6. The summed E-state index contributed by atoms with van der Waals surface area (Å²) in [5, 5.41) is 4.26. The van der Waals surface area contributed by atoms with Gasteiger partial charge in [-0.1, -0.05) is 35.5 Å². The quantitative estimate of drug-likeness (QED) is 0.483. The first-order chi connectivity index (χ1) is 12.9. The summed E-state index contributed by atoms with van der Waals surface area (Å²) in [4.78, 5) is 27.9. The molecule has 7 heteroatoms. The Labute approximate surface area is 166 Å². The molecule has 0 unspecified atom stereocenters. The third kappa shape index (κ3) is 4.78. The fraction of sp³-hybridized carbons (Fsp3) is 0.150. The third-order valence-electron chi connectivity index (χ3n) is 3.99. The molecule has 0 aliphatic carbocycles. The van der Waals surface area contributed by atoms with Crippen molar-refractivity contribution in [3.8, 4) is 11.3 Å². The second kappa shape index (κ2) is 8.41. The standard InChI is InChI=1S/C20H18ClN3O2S/c1-13(25)14-5-9-17(10-6-14)23-19(26)12-27-20-22-11-18(24(20)2)15-3-7-16(21)8-4-15/h3-11H,12H2,1-2H3,(H,23,26). The number of rotatable bonds is 6. The zero-order valence-electron chi connectivity index (χ0n) is 14.9. The Morgan fingerprint density at radius 2 is 1.78 bits per heavy atom. The molecule has 0 radical (unpaired) electrons. The smallest absolute Gasteiger partial charge is 0.234 e. The summed E-state index contributed by atoms with van der Waals surface area (Å²) in [6.45, 7) is 1.51. The molecule has 0 fully saturated rings. The third-order valence-corrected chi connectivity index (χ3v) is 5.29. The first-order valence-corrected chi connectivity index (χ1v) is 9.61. The molecular weight excluding hydrogens is 382 g/mol. The SMILES string of the molecule is CC(=O)c1ccc(NC(=O)CSc2ncc(-c3ccc(Cl)cc3)n2C)cc1. The Morgan fingerprint density at radius 3 is 2.41 bits per heavy atom.